The standard InChI is InChI=1S/C13H24N2O3/c1-10(12(18)14-7-5-6-8-14)15(9-11(16)17)13(2,3)4/h10H,5-9H2,1-4H3,(H,16,17). The van der Waals surface area contributed by atoms with Gasteiger partial charge in [-0.1, -0.05) is 0 Å². The van der Waals surface area contributed by atoms with Gasteiger partial charge in [0.2, 0.25) is 5.91 Å². The lowest BCUT2D eigenvalue weighted by Gasteiger charge is -2.39. The maximum Gasteiger partial charge on any atom is 0.317 e. The minimum Gasteiger partial charge on any atom is -0.480 e. The van der Waals surface area contributed by atoms with Crippen molar-refractivity contribution in [3.8, 4) is 0 Å². The second kappa shape index (κ2) is 5.69. The third-order valence-corrected chi connectivity index (χ3v) is 3.41. The van der Waals surface area contributed by atoms with Gasteiger partial charge in [0.1, 0.15) is 0 Å². The van der Waals surface area contributed by atoms with Gasteiger partial charge in [-0.2, -0.15) is 0 Å². The molecule has 1 amide bonds. The maximum absolute atomic E-state index is 12.3. The van der Waals surface area contributed by atoms with Gasteiger partial charge in [-0.05, 0) is 40.5 Å². The van der Waals surface area contributed by atoms with E-state index in [2.05, 4.69) is 0 Å². The van der Waals surface area contributed by atoms with Crippen LogP contribution in [-0.2, 0) is 9.59 Å². The van der Waals surface area contributed by atoms with Crippen LogP contribution in [0.3, 0.4) is 0 Å². The lowest BCUT2D eigenvalue weighted by Crippen LogP contribution is -2.55. The van der Waals surface area contributed by atoms with Crippen LogP contribution >= 0.6 is 0 Å². The van der Waals surface area contributed by atoms with Crippen LogP contribution in [0, 0.1) is 0 Å². The van der Waals surface area contributed by atoms with Crippen molar-refractivity contribution < 1.29 is 14.7 Å². The van der Waals surface area contributed by atoms with Crippen molar-refractivity contribution in [1.29, 1.82) is 0 Å². The van der Waals surface area contributed by atoms with Gasteiger partial charge in [-0.3, -0.25) is 14.5 Å². The van der Waals surface area contributed by atoms with Crippen LogP contribution in [0.5, 0.6) is 0 Å². The van der Waals surface area contributed by atoms with Gasteiger partial charge in [0.15, 0.2) is 0 Å². The largest absolute Gasteiger partial charge is 0.480 e. The number of hydrogen-bond donors (Lipinski definition) is 1. The molecule has 1 unspecified atom stereocenters. The molecule has 104 valence electrons. The predicted molar refractivity (Wildman–Crippen MR) is 69.4 cm³/mol. The molecule has 1 atom stereocenters. The Morgan fingerprint density at radius 3 is 2.17 bits per heavy atom. The molecular formula is C13H24N2O3. The highest BCUT2D eigenvalue weighted by molar-refractivity contribution is 5.82. The molecule has 5 nitrogen and oxygen atoms in total. The number of hydrogen-bond acceptors (Lipinski definition) is 3. The summed E-state index contributed by atoms with van der Waals surface area (Å²) < 4.78 is 0. The van der Waals surface area contributed by atoms with Crippen molar-refractivity contribution in [2.24, 2.45) is 0 Å². The average Bonchev–Trinajstić information content (AvgIpc) is 2.75. The molecule has 1 N–H and O–H groups in total. The summed E-state index contributed by atoms with van der Waals surface area (Å²) in [4.78, 5) is 26.8. The van der Waals surface area contributed by atoms with Crippen molar-refractivity contribution in [2.75, 3.05) is 19.6 Å². The molecule has 0 aromatic rings. The normalized spacial score (nSPS) is 18.2. The summed E-state index contributed by atoms with van der Waals surface area (Å²) in [5.41, 5.74) is -0.340. The van der Waals surface area contributed by atoms with Crippen LogP contribution in [0.25, 0.3) is 0 Å². The number of likely N-dealkylation sites (tertiary alicyclic amines) is 1. The first-order valence-electron chi connectivity index (χ1n) is 6.51. The van der Waals surface area contributed by atoms with E-state index in [1.54, 1.807) is 11.8 Å². The number of rotatable bonds is 4. The zero-order valence-corrected chi connectivity index (χ0v) is 11.8. The van der Waals surface area contributed by atoms with Gasteiger partial charge in [0.25, 0.3) is 0 Å². The van der Waals surface area contributed by atoms with E-state index in [1.807, 2.05) is 25.7 Å². The van der Waals surface area contributed by atoms with Crippen LogP contribution in [0.1, 0.15) is 40.5 Å². The quantitative estimate of drug-likeness (QED) is 0.820. The fourth-order valence-electron chi connectivity index (χ4n) is 2.44. The van der Waals surface area contributed by atoms with Gasteiger partial charge >= 0.3 is 5.97 Å². The Hall–Kier alpha value is -1.10. The van der Waals surface area contributed by atoms with E-state index in [0.29, 0.717) is 0 Å². The zero-order valence-electron chi connectivity index (χ0n) is 11.8. The highest BCUT2D eigenvalue weighted by Gasteiger charge is 2.34. The van der Waals surface area contributed by atoms with E-state index in [4.69, 9.17) is 5.11 Å². The van der Waals surface area contributed by atoms with Crippen LogP contribution in [0.4, 0.5) is 0 Å². The Labute approximate surface area is 109 Å². The molecule has 18 heavy (non-hydrogen) atoms. The molecule has 1 aliphatic heterocycles. The second-order valence-corrected chi connectivity index (χ2v) is 5.90. The number of carbonyl (C=O) groups excluding carboxylic acids is 1. The Morgan fingerprint density at radius 1 is 1.28 bits per heavy atom. The van der Waals surface area contributed by atoms with Crippen LogP contribution in [-0.4, -0.2) is 58.0 Å². The Kier molecular flexibility index (Phi) is 4.73. The molecular weight excluding hydrogens is 232 g/mol. The first kappa shape index (κ1) is 15.0. The molecule has 0 aromatic heterocycles. The smallest absolute Gasteiger partial charge is 0.317 e. The molecule has 0 saturated carbocycles. The third-order valence-electron chi connectivity index (χ3n) is 3.41. The van der Waals surface area contributed by atoms with E-state index in [1.165, 1.54) is 0 Å². The fourth-order valence-corrected chi connectivity index (χ4v) is 2.44. The molecule has 0 aromatic carbocycles. The summed E-state index contributed by atoms with van der Waals surface area (Å²) in [5, 5.41) is 8.98. The Balaban J connectivity index is 2.77. The molecule has 0 spiro atoms. The van der Waals surface area contributed by atoms with Gasteiger partial charge in [-0.15, -0.1) is 0 Å². The number of carbonyl (C=O) groups is 2. The van der Waals surface area contributed by atoms with E-state index < -0.39 is 5.97 Å². The third kappa shape index (κ3) is 3.70. The molecule has 1 heterocycles. The summed E-state index contributed by atoms with van der Waals surface area (Å²) >= 11 is 0. The van der Waals surface area contributed by atoms with Gasteiger partial charge in [0, 0.05) is 18.6 Å². The molecule has 1 saturated heterocycles. The van der Waals surface area contributed by atoms with E-state index >= 15 is 0 Å². The topological polar surface area (TPSA) is 60.9 Å². The molecule has 5 heteroatoms. The highest BCUT2D eigenvalue weighted by Crippen LogP contribution is 2.19. The number of carboxylic acid groups (broad SMARTS) is 1. The number of amides is 1. The van der Waals surface area contributed by atoms with Gasteiger partial charge in [0.05, 0.1) is 12.6 Å². The Morgan fingerprint density at radius 2 is 1.78 bits per heavy atom. The van der Waals surface area contributed by atoms with Crippen LogP contribution in [0.2, 0.25) is 0 Å². The second-order valence-electron chi connectivity index (χ2n) is 5.90. The summed E-state index contributed by atoms with van der Waals surface area (Å²) in [6.07, 6.45) is 2.10. The summed E-state index contributed by atoms with van der Waals surface area (Å²) in [6, 6.07) is -0.390. The number of aliphatic carboxylic acids is 1. The average molecular weight is 256 g/mol. The first-order chi connectivity index (χ1) is 8.23. The molecule has 1 rings (SSSR count). The van der Waals surface area contributed by atoms with Crippen LogP contribution in [0.15, 0.2) is 0 Å². The van der Waals surface area contributed by atoms with Gasteiger partial charge in [-0.25, -0.2) is 0 Å². The van der Waals surface area contributed by atoms with E-state index in [0.717, 1.165) is 25.9 Å². The Bertz CT molecular complexity index is 317. The van der Waals surface area contributed by atoms with E-state index in [-0.39, 0.29) is 24.0 Å². The SMILES string of the molecule is CC(C(=O)N1CCCC1)N(CC(=O)O)C(C)(C)C. The van der Waals surface area contributed by atoms with Crippen molar-refractivity contribution in [1.82, 2.24) is 9.80 Å². The molecule has 0 bridgehead atoms. The number of nitrogens with zero attached hydrogens (tertiary/aromatic N) is 2. The fraction of sp³-hybridized carbons (Fsp3) is 0.846. The zero-order chi connectivity index (χ0) is 13.9. The van der Waals surface area contributed by atoms with E-state index in [9.17, 15) is 9.59 Å². The van der Waals surface area contributed by atoms with Crippen molar-refractivity contribution in [2.45, 2.75) is 52.1 Å². The lowest BCUT2D eigenvalue weighted by atomic mass is 10.0. The molecule has 1 aliphatic rings. The van der Waals surface area contributed by atoms with Gasteiger partial charge < -0.3 is 10.0 Å². The first-order valence-corrected chi connectivity index (χ1v) is 6.51. The van der Waals surface area contributed by atoms with Crippen molar-refractivity contribution in [3.63, 3.8) is 0 Å². The summed E-state index contributed by atoms with van der Waals surface area (Å²) in [5.74, 6) is -0.852. The highest BCUT2D eigenvalue weighted by atomic mass is 16.4. The summed E-state index contributed by atoms with van der Waals surface area (Å²) in [6.45, 7) is 9.10. The minimum atomic E-state index is -0.897. The molecule has 0 radical (unpaired) electrons. The molecule has 0 aliphatic carbocycles. The van der Waals surface area contributed by atoms with Crippen LogP contribution < -0.4 is 0 Å². The lowest BCUT2D eigenvalue weighted by molar-refractivity contribution is -0.144. The predicted octanol–water partition coefficient (Wildman–Crippen LogP) is 1.18. The number of carboxylic acids is 1. The maximum atomic E-state index is 12.3. The monoisotopic (exact) mass is 256 g/mol. The van der Waals surface area contributed by atoms with Crippen molar-refractivity contribution in [3.05, 3.63) is 0 Å². The minimum absolute atomic E-state index is 0.0451. The summed E-state index contributed by atoms with van der Waals surface area (Å²) in [7, 11) is 0. The van der Waals surface area contributed by atoms with Crippen molar-refractivity contribution >= 4 is 11.9 Å². The molecule has 1 fully saturated rings.